The third-order valence-corrected chi connectivity index (χ3v) is 6.82. The first-order valence-corrected chi connectivity index (χ1v) is 10.4. The quantitative estimate of drug-likeness (QED) is 0.454. The Morgan fingerprint density at radius 1 is 0.846 bits per heavy atom. The summed E-state index contributed by atoms with van der Waals surface area (Å²) in [7, 11) is 0. The van der Waals surface area contributed by atoms with Gasteiger partial charge in [0, 0.05) is 0 Å². The molecule has 1 aromatic rings. The molecule has 0 saturated heterocycles. The van der Waals surface area contributed by atoms with Crippen LogP contribution in [0.2, 0.25) is 0 Å². The van der Waals surface area contributed by atoms with Crippen LogP contribution >= 0.6 is 0 Å². The van der Waals surface area contributed by atoms with E-state index in [1.807, 2.05) is 0 Å². The molecule has 0 bridgehead atoms. The number of rotatable bonds is 6. The maximum atomic E-state index is 13.5. The third-order valence-electron chi connectivity index (χ3n) is 6.82. The van der Waals surface area contributed by atoms with Crippen LogP contribution in [0.5, 0.6) is 0 Å². The molecule has 144 valence electrons. The fourth-order valence-electron chi connectivity index (χ4n) is 5.23. The standard InChI is InChI=1S/C23H31F3/c24-15-3-1-2-4-17-5-7-18(8-6-17)19-9-11-20(12-10-19)21-13-14-22(25)23(26)16-21/h3,13-20H,1-2,4-12H2/b15-3+/t17-,18-,19?,20?. The summed E-state index contributed by atoms with van der Waals surface area (Å²) in [6.45, 7) is 0. The summed E-state index contributed by atoms with van der Waals surface area (Å²) in [6, 6.07) is 4.41. The molecule has 26 heavy (non-hydrogen) atoms. The van der Waals surface area contributed by atoms with Crippen LogP contribution < -0.4 is 0 Å². The highest BCUT2D eigenvalue weighted by atomic mass is 19.2. The summed E-state index contributed by atoms with van der Waals surface area (Å²) in [5.41, 5.74) is 0.966. The van der Waals surface area contributed by atoms with Crippen molar-refractivity contribution >= 4 is 0 Å². The van der Waals surface area contributed by atoms with E-state index in [-0.39, 0.29) is 0 Å². The lowest BCUT2D eigenvalue weighted by atomic mass is 9.68. The zero-order valence-electron chi connectivity index (χ0n) is 15.6. The molecule has 3 rings (SSSR count). The predicted molar refractivity (Wildman–Crippen MR) is 101 cm³/mol. The number of hydrogen-bond donors (Lipinski definition) is 0. The van der Waals surface area contributed by atoms with Crippen LogP contribution in [0.25, 0.3) is 0 Å². The largest absolute Gasteiger partial charge is 0.216 e. The molecule has 0 radical (unpaired) electrons. The Balaban J connectivity index is 1.41. The van der Waals surface area contributed by atoms with Crippen LogP contribution in [0.3, 0.4) is 0 Å². The van der Waals surface area contributed by atoms with Crippen molar-refractivity contribution in [2.75, 3.05) is 0 Å². The summed E-state index contributed by atoms with van der Waals surface area (Å²) in [5, 5.41) is 0. The molecule has 0 aromatic heterocycles. The van der Waals surface area contributed by atoms with Gasteiger partial charge < -0.3 is 0 Å². The second-order valence-electron chi connectivity index (χ2n) is 8.36. The van der Waals surface area contributed by atoms with Crippen LogP contribution in [0.1, 0.15) is 82.1 Å². The molecule has 2 aliphatic rings. The second kappa shape index (κ2) is 9.62. The molecule has 1 aromatic carbocycles. The average Bonchev–Trinajstić information content (AvgIpc) is 2.68. The molecule has 3 heteroatoms. The van der Waals surface area contributed by atoms with Gasteiger partial charge in [-0.05, 0) is 92.7 Å². The van der Waals surface area contributed by atoms with Crippen molar-refractivity contribution in [2.45, 2.75) is 76.5 Å². The summed E-state index contributed by atoms with van der Waals surface area (Å²) < 4.78 is 38.6. The summed E-state index contributed by atoms with van der Waals surface area (Å²) in [6.07, 6.45) is 15.5. The van der Waals surface area contributed by atoms with Crippen LogP contribution in [0.15, 0.2) is 30.6 Å². The van der Waals surface area contributed by atoms with Crippen LogP contribution in [-0.4, -0.2) is 0 Å². The maximum Gasteiger partial charge on any atom is 0.159 e. The topological polar surface area (TPSA) is 0 Å². The van der Waals surface area contributed by atoms with Gasteiger partial charge >= 0.3 is 0 Å². The van der Waals surface area contributed by atoms with Gasteiger partial charge in [0.15, 0.2) is 11.6 Å². The maximum absolute atomic E-state index is 13.5. The van der Waals surface area contributed by atoms with E-state index in [9.17, 15) is 13.2 Å². The van der Waals surface area contributed by atoms with E-state index in [4.69, 9.17) is 0 Å². The first kappa shape index (κ1) is 19.5. The lowest BCUT2D eigenvalue weighted by Gasteiger charge is -2.38. The van der Waals surface area contributed by atoms with Crippen LogP contribution in [-0.2, 0) is 0 Å². The monoisotopic (exact) mass is 364 g/mol. The van der Waals surface area contributed by atoms with Gasteiger partial charge in [-0.25, -0.2) is 13.2 Å². The van der Waals surface area contributed by atoms with Gasteiger partial charge in [-0.1, -0.05) is 31.4 Å². The van der Waals surface area contributed by atoms with E-state index in [0.717, 1.165) is 49.0 Å². The first-order chi connectivity index (χ1) is 12.7. The molecule has 0 aliphatic heterocycles. The van der Waals surface area contributed by atoms with E-state index in [1.165, 1.54) is 57.1 Å². The van der Waals surface area contributed by atoms with E-state index in [1.54, 1.807) is 12.1 Å². The SMILES string of the molecule is F/C=C/CCC[C@H]1CC[C@H](C2CCC(c3ccc(F)c(F)c3)CC2)CC1. The van der Waals surface area contributed by atoms with E-state index >= 15 is 0 Å². The Morgan fingerprint density at radius 2 is 1.50 bits per heavy atom. The lowest BCUT2D eigenvalue weighted by molar-refractivity contribution is 0.156. The summed E-state index contributed by atoms with van der Waals surface area (Å²) in [4.78, 5) is 0. The van der Waals surface area contributed by atoms with Crippen molar-refractivity contribution in [3.8, 4) is 0 Å². The van der Waals surface area contributed by atoms with Gasteiger partial charge in [0.25, 0.3) is 0 Å². The van der Waals surface area contributed by atoms with Gasteiger partial charge in [0.2, 0.25) is 0 Å². The van der Waals surface area contributed by atoms with Gasteiger partial charge in [-0.3, -0.25) is 0 Å². The molecule has 2 fully saturated rings. The highest BCUT2D eigenvalue weighted by molar-refractivity contribution is 5.22. The van der Waals surface area contributed by atoms with Crippen LogP contribution in [0, 0.1) is 29.4 Å². The van der Waals surface area contributed by atoms with Gasteiger partial charge in [0.05, 0.1) is 6.33 Å². The Hall–Kier alpha value is -1.25. The minimum atomic E-state index is -0.750. The van der Waals surface area contributed by atoms with Crippen molar-refractivity contribution in [3.05, 3.63) is 47.8 Å². The molecule has 0 unspecified atom stereocenters. The van der Waals surface area contributed by atoms with Gasteiger partial charge in [-0.15, -0.1) is 0 Å². The second-order valence-corrected chi connectivity index (χ2v) is 8.36. The van der Waals surface area contributed by atoms with E-state index in [0.29, 0.717) is 12.2 Å². The predicted octanol–water partition coefficient (Wildman–Crippen LogP) is 7.70. The zero-order valence-corrected chi connectivity index (χ0v) is 15.6. The normalized spacial score (nSPS) is 30.0. The van der Waals surface area contributed by atoms with Crippen molar-refractivity contribution in [1.29, 1.82) is 0 Å². The zero-order chi connectivity index (χ0) is 18.4. The number of halogens is 3. The molecular formula is C23H31F3. The van der Waals surface area contributed by atoms with Crippen LogP contribution in [0.4, 0.5) is 13.2 Å². The summed E-state index contributed by atoms with van der Waals surface area (Å²) >= 11 is 0. The molecule has 0 amide bonds. The Morgan fingerprint density at radius 3 is 2.12 bits per heavy atom. The smallest absolute Gasteiger partial charge is 0.159 e. The van der Waals surface area contributed by atoms with Crippen molar-refractivity contribution in [3.63, 3.8) is 0 Å². The fraction of sp³-hybridized carbons (Fsp3) is 0.652. The molecular weight excluding hydrogens is 333 g/mol. The van der Waals surface area contributed by atoms with Gasteiger partial charge in [-0.2, -0.15) is 0 Å². The molecule has 0 spiro atoms. The van der Waals surface area contributed by atoms with Crippen molar-refractivity contribution in [1.82, 2.24) is 0 Å². The molecule has 2 saturated carbocycles. The van der Waals surface area contributed by atoms with E-state index < -0.39 is 11.6 Å². The van der Waals surface area contributed by atoms with E-state index in [2.05, 4.69) is 0 Å². The fourth-order valence-corrected chi connectivity index (χ4v) is 5.23. The van der Waals surface area contributed by atoms with Crippen molar-refractivity contribution in [2.24, 2.45) is 17.8 Å². The average molecular weight is 364 g/mol. The number of unbranched alkanes of at least 4 members (excludes halogenated alkanes) is 1. The first-order valence-electron chi connectivity index (χ1n) is 10.4. The Bertz CT molecular complexity index is 579. The highest BCUT2D eigenvalue weighted by Gasteiger charge is 2.31. The molecule has 0 atom stereocenters. The lowest BCUT2D eigenvalue weighted by Crippen LogP contribution is -2.25. The van der Waals surface area contributed by atoms with Crippen molar-refractivity contribution < 1.29 is 13.2 Å². The molecule has 0 heterocycles. The molecule has 0 nitrogen and oxygen atoms in total. The summed E-state index contributed by atoms with van der Waals surface area (Å²) in [5.74, 6) is 1.42. The third kappa shape index (κ3) is 5.14. The number of hydrogen-bond acceptors (Lipinski definition) is 0. The minimum absolute atomic E-state index is 0.390. The number of allylic oxidation sites excluding steroid dienone is 1. The molecule has 0 N–H and O–H groups in total. The molecule has 2 aliphatic carbocycles. The number of benzene rings is 1. The highest BCUT2D eigenvalue weighted by Crippen LogP contribution is 2.44. The Kier molecular flexibility index (Phi) is 7.22. The van der Waals surface area contributed by atoms with Gasteiger partial charge in [0.1, 0.15) is 0 Å². The Labute approximate surface area is 155 Å². The minimum Gasteiger partial charge on any atom is -0.216 e.